The van der Waals surface area contributed by atoms with E-state index in [4.69, 9.17) is 9.47 Å². The van der Waals surface area contributed by atoms with Gasteiger partial charge in [0.1, 0.15) is 11.4 Å². The molecular formula is C21H25NO3. The van der Waals surface area contributed by atoms with Crippen LogP contribution in [0.1, 0.15) is 11.1 Å². The Labute approximate surface area is 149 Å². The van der Waals surface area contributed by atoms with Crippen LogP contribution < -0.4 is 4.74 Å². The van der Waals surface area contributed by atoms with Crippen LogP contribution >= 0.6 is 0 Å². The first kappa shape index (κ1) is 16.6. The standard InChI is InChI=1S/C21H25NO3/c23-21(14-17-6-2-1-3-7-17)18(15-22-10-12-24-13-11-22)16-25-20-9-5-4-8-19(20)21/h1-9,18,23H,10-16H2. The quantitative estimate of drug-likeness (QED) is 0.929. The minimum Gasteiger partial charge on any atom is -0.493 e. The molecule has 1 saturated heterocycles. The van der Waals surface area contributed by atoms with E-state index in [1.165, 1.54) is 0 Å². The lowest BCUT2D eigenvalue weighted by Gasteiger charge is -2.43. The largest absolute Gasteiger partial charge is 0.493 e. The SMILES string of the molecule is OC1(Cc2ccccc2)c2ccccc2OCC1CN1CCOCC1. The molecule has 1 fully saturated rings. The van der Waals surface area contributed by atoms with E-state index >= 15 is 0 Å². The van der Waals surface area contributed by atoms with E-state index in [0.717, 1.165) is 49.7 Å². The van der Waals surface area contributed by atoms with Gasteiger partial charge in [-0.1, -0.05) is 48.5 Å². The smallest absolute Gasteiger partial charge is 0.125 e. The maximum absolute atomic E-state index is 11.8. The normalized spacial score (nSPS) is 26.7. The van der Waals surface area contributed by atoms with Crippen molar-refractivity contribution in [1.82, 2.24) is 4.90 Å². The molecule has 25 heavy (non-hydrogen) atoms. The Morgan fingerprint density at radius 3 is 2.52 bits per heavy atom. The van der Waals surface area contributed by atoms with Crippen molar-refractivity contribution in [2.45, 2.75) is 12.0 Å². The molecule has 2 atom stereocenters. The van der Waals surface area contributed by atoms with E-state index in [0.29, 0.717) is 13.0 Å². The van der Waals surface area contributed by atoms with E-state index < -0.39 is 5.60 Å². The van der Waals surface area contributed by atoms with Crippen molar-refractivity contribution in [3.05, 3.63) is 65.7 Å². The second-order valence-electron chi connectivity index (χ2n) is 7.00. The third-order valence-electron chi connectivity index (χ3n) is 5.37. The summed E-state index contributed by atoms with van der Waals surface area (Å²) in [6, 6.07) is 18.1. The molecule has 2 aliphatic heterocycles. The molecule has 0 spiro atoms. The predicted molar refractivity (Wildman–Crippen MR) is 96.7 cm³/mol. The van der Waals surface area contributed by atoms with Gasteiger partial charge in [0.05, 0.1) is 19.8 Å². The minimum absolute atomic E-state index is 0.0284. The fourth-order valence-electron chi connectivity index (χ4n) is 3.94. The summed E-state index contributed by atoms with van der Waals surface area (Å²) in [6.45, 7) is 4.72. The first-order valence-electron chi connectivity index (χ1n) is 9.04. The van der Waals surface area contributed by atoms with Crippen LogP contribution in [0.2, 0.25) is 0 Å². The van der Waals surface area contributed by atoms with Crippen molar-refractivity contribution in [3.63, 3.8) is 0 Å². The van der Waals surface area contributed by atoms with Gasteiger partial charge in [0.25, 0.3) is 0 Å². The Morgan fingerprint density at radius 1 is 1.00 bits per heavy atom. The molecule has 0 saturated carbocycles. The van der Waals surface area contributed by atoms with Crippen LogP contribution in [0.5, 0.6) is 5.75 Å². The molecule has 0 radical (unpaired) electrons. The maximum Gasteiger partial charge on any atom is 0.125 e. The summed E-state index contributed by atoms with van der Waals surface area (Å²) < 4.78 is 11.5. The van der Waals surface area contributed by atoms with Gasteiger partial charge in [-0.05, 0) is 11.6 Å². The van der Waals surface area contributed by atoms with Crippen molar-refractivity contribution in [1.29, 1.82) is 0 Å². The fourth-order valence-corrected chi connectivity index (χ4v) is 3.94. The molecule has 0 aromatic heterocycles. The summed E-state index contributed by atoms with van der Waals surface area (Å²) in [4.78, 5) is 2.38. The summed E-state index contributed by atoms with van der Waals surface area (Å²) in [7, 11) is 0. The van der Waals surface area contributed by atoms with Gasteiger partial charge in [0, 0.05) is 37.5 Å². The molecule has 0 bridgehead atoms. The van der Waals surface area contributed by atoms with Gasteiger partial charge < -0.3 is 14.6 Å². The van der Waals surface area contributed by atoms with Crippen LogP contribution in [0.4, 0.5) is 0 Å². The molecule has 2 aromatic carbocycles. The van der Waals surface area contributed by atoms with Gasteiger partial charge >= 0.3 is 0 Å². The fraction of sp³-hybridized carbons (Fsp3) is 0.429. The van der Waals surface area contributed by atoms with Crippen molar-refractivity contribution < 1.29 is 14.6 Å². The molecule has 4 rings (SSSR count). The minimum atomic E-state index is -0.922. The molecular weight excluding hydrogens is 314 g/mol. The highest BCUT2D eigenvalue weighted by atomic mass is 16.5. The summed E-state index contributed by atoms with van der Waals surface area (Å²) in [5.74, 6) is 0.833. The number of aliphatic hydroxyl groups is 1. The van der Waals surface area contributed by atoms with Gasteiger partial charge in [-0.25, -0.2) is 0 Å². The van der Waals surface area contributed by atoms with Gasteiger partial charge in [0.2, 0.25) is 0 Å². The molecule has 2 unspecified atom stereocenters. The van der Waals surface area contributed by atoms with E-state index in [1.54, 1.807) is 0 Å². The number of benzene rings is 2. The van der Waals surface area contributed by atoms with Crippen LogP contribution in [-0.4, -0.2) is 49.5 Å². The number of hydrogen-bond acceptors (Lipinski definition) is 4. The van der Waals surface area contributed by atoms with E-state index in [2.05, 4.69) is 17.0 Å². The van der Waals surface area contributed by atoms with Gasteiger partial charge in [-0.15, -0.1) is 0 Å². The Kier molecular flexibility index (Phi) is 4.75. The second kappa shape index (κ2) is 7.16. The number of fused-ring (bicyclic) bond motifs is 1. The van der Waals surface area contributed by atoms with Crippen molar-refractivity contribution >= 4 is 0 Å². The highest BCUT2D eigenvalue weighted by molar-refractivity contribution is 5.41. The molecule has 2 aromatic rings. The summed E-state index contributed by atoms with van der Waals surface area (Å²) >= 11 is 0. The topological polar surface area (TPSA) is 41.9 Å². The van der Waals surface area contributed by atoms with Crippen LogP contribution in [0.15, 0.2) is 54.6 Å². The predicted octanol–water partition coefficient (Wildman–Crippen LogP) is 2.46. The van der Waals surface area contributed by atoms with Gasteiger partial charge in [-0.3, -0.25) is 4.90 Å². The molecule has 4 nitrogen and oxygen atoms in total. The molecule has 2 aliphatic rings. The molecule has 1 N–H and O–H groups in total. The first-order valence-corrected chi connectivity index (χ1v) is 9.04. The molecule has 4 heteroatoms. The second-order valence-corrected chi connectivity index (χ2v) is 7.00. The van der Waals surface area contributed by atoms with Gasteiger partial charge in [-0.2, -0.15) is 0 Å². The third kappa shape index (κ3) is 3.43. The van der Waals surface area contributed by atoms with Crippen molar-refractivity contribution in [3.8, 4) is 5.75 Å². The van der Waals surface area contributed by atoms with Crippen molar-refractivity contribution in [2.24, 2.45) is 5.92 Å². The van der Waals surface area contributed by atoms with E-state index in [-0.39, 0.29) is 5.92 Å². The Morgan fingerprint density at radius 2 is 1.72 bits per heavy atom. The number of ether oxygens (including phenoxy) is 2. The lowest BCUT2D eigenvalue weighted by molar-refractivity contribution is -0.0786. The highest BCUT2D eigenvalue weighted by Gasteiger charge is 2.44. The highest BCUT2D eigenvalue weighted by Crippen LogP contribution is 2.43. The monoisotopic (exact) mass is 339 g/mol. The zero-order valence-electron chi connectivity index (χ0n) is 14.4. The molecule has 0 aliphatic carbocycles. The lowest BCUT2D eigenvalue weighted by atomic mass is 9.75. The van der Waals surface area contributed by atoms with Crippen LogP contribution in [-0.2, 0) is 16.8 Å². The Balaban J connectivity index is 1.65. The molecule has 2 heterocycles. The average Bonchev–Trinajstić information content (AvgIpc) is 2.66. The summed E-state index contributed by atoms with van der Waals surface area (Å²) in [5.41, 5.74) is 1.13. The maximum atomic E-state index is 11.8. The number of morpholine rings is 1. The zero-order valence-corrected chi connectivity index (χ0v) is 14.4. The Bertz CT molecular complexity index is 699. The number of para-hydroxylation sites is 1. The van der Waals surface area contributed by atoms with Crippen molar-refractivity contribution in [2.75, 3.05) is 39.5 Å². The summed E-state index contributed by atoms with van der Waals surface area (Å²) in [6.07, 6.45) is 0.600. The van der Waals surface area contributed by atoms with E-state index in [1.807, 2.05) is 42.5 Å². The Hall–Kier alpha value is -1.88. The average molecular weight is 339 g/mol. The lowest BCUT2D eigenvalue weighted by Crippen LogP contribution is -2.51. The summed E-state index contributed by atoms with van der Waals surface area (Å²) in [5, 5.41) is 11.8. The van der Waals surface area contributed by atoms with Crippen LogP contribution in [0.3, 0.4) is 0 Å². The molecule has 132 valence electrons. The number of rotatable bonds is 4. The van der Waals surface area contributed by atoms with Crippen LogP contribution in [0.25, 0.3) is 0 Å². The third-order valence-corrected chi connectivity index (χ3v) is 5.37. The van der Waals surface area contributed by atoms with E-state index in [9.17, 15) is 5.11 Å². The number of nitrogens with zero attached hydrogens (tertiary/aromatic N) is 1. The van der Waals surface area contributed by atoms with Gasteiger partial charge in [0.15, 0.2) is 0 Å². The first-order chi connectivity index (χ1) is 12.3. The van der Waals surface area contributed by atoms with Crippen LogP contribution in [0, 0.1) is 5.92 Å². The molecule has 0 amide bonds. The zero-order chi connectivity index (χ0) is 17.1. The number of hydrogen-bond donors (Lipinski definition) is 1.